The Morgan fingerprint density at radius 3 is 2.64 bits per heavy atom. The van der Waals surface area contributed by atoms with Gasteiger partial charge in [0.25, 0.3) is 0 Å². The summed E-state index contributed by atoms with van der Waals surface area (Å²) < 4.78 is 22.4. The Balaban J connectivity index is 2.22. The number of halogens is 1. The monoisotopic (exact) mass is 204 g/mol. The van der Waals surface area contributed by atoms with Crippen LogP contribution in [-0.4, -0.2) is 37.2 Å². The Morgan fingerprint density at radius 1 is 1.43 bits per heavy atom. The van der Waals surface area contributed by atoms with Gasteiger partial charge in [-0.15, -0.1) is 0 Å². The smallest absolute Gasteiger partial charge is 0.306 e. The fourth-order valence-corrected chi connectivity index (χ4v) is 1.12. The predicted octanol–water partition coefficient (Wildman–Crippen LogP) is 0.636. The van der Waals surface area contributed by atoms with Crippen LogP contribution in [0.3, 0.4) is 0 Å². The first-order valence-corrected chi connectivity index (χ1v) is 4.50. The first-order chi connectivity index (χ1) is 6.59. The molecule has 0 saturated carbocycles. The van der Waals surface area contributed by atoms with E-state index in [1.165, 1.54) is 6.92 Å². The number of rotatable bonds is 4. The van der Waals surface area contributed by atoms with E-state index in [-0.39, 0.29) is 31.8 Å². The number of carbonyl (C=O) groups excluding carboxylic acids is 2. The topological polar surface area (TPSA) is 52.6 Å². The van der Waals surface area contributed by atoms with Crippen LogP contribution in [0.5, 0.6) is 0 Å². The van der Waals surface area contributed by atoms with E-state index in [9.17, 15) is 14.0 Å². The highest BCUT2D eigenvalue weighted by Crippen LogP contribution is 2.14. The van der Waals surface area contributed by atoms with Crippen LogP contribution in [0.15, 0.2) is 0 Å². The normalized spacial score (nSPS) is 26.1. The number of esters is 1. The van der Waals surface area contributed by atoms with E-state index < -0.39 is 18.2 Å². The van der Waals surface area contributed by atoms with E-state index >= 15 is 0 Å². The Kier molecular flexibility index (Phi) is 4.00. The van der Waals surface area contributed by atoms with Gasteiger partial charge in [-0.25, -0.2) is 4.39 Å². The van der Waals surface area contributed by atoms with Crippen molar-refractivity contribution in [3.8, 4) is 0 Å². The van der Waals surface area contributed by atoms with Crippen LogP contribution in [0.1, 0.15) is 19.8 Å². The molecule has 2 unspecified atom stereocenters. The minimum Gasteiger partial charge on any atom is -0.457 e. The molecule has 0 aromatic rings. The average molecular weight is 204 g/mol. The highest BCUT2D eigenvalue weighted by atomic mass is 19.1. The van der Waals surface area contributed by atoms with Crippen LogP contribution in [0.25, 0.3) is 0 Å². The van der Waals surface area contributed by atoms with Crippen molar-refractivity contribution in [2.75, 3.05) is 13.2 Å². The van der Waals surface area contributed by atoms with E-state index in [0.717, 1.165) is 0 Å². The molecule has 1 heterocycles. The molecule has 1 fully saturated rings. The Morgan fingerprint density at radius 2 is 2.14 bits per heavy atom. The van der Waals surface area contributed by atoms with Crippen LogP contribution < -0.4 is 0 Å². The summed E-state index contributed by atoms with van der Waals surface area (Å²) in [6.45, 7) is 1.47. The van der Waals surface area contributed by atoms with E-state index in [0.29, 0.717) is 0 Å². The first kappa shape index (κ1) is 11.1. The Labute approximate surface area is 81.4 Å². The third-order valence-corrected chi connectivity index (χ3v) is 1.93. The van der Waals surface area contributed by atoms with Gasteiger partial charge in [0.2, 0.25) is 0 Å². The van der Waals surface area contributed by atoms with E-state index in [2.05, 4.69) is 0 Å². The first-order valence-electron chi connectivity index (χ1n) is 4.50. The van der Waals surface area contributed by atoms with Crippen LogP contribution in [0.2, 0.25) is 0 Å². The number of alkyl halides is 1. The number of hydrogen-bond acceptors (Lipinski definition) is 4. The molecule has 5 heteroatoms. The molecule has 14 heavy (non-hydrogen) atoms. The molecule has 0 spiro atoms. The molecule has 0 aliphatic carbocycles. The van der Waals surface area contributed by atoms with Gasteiger partial charge in [0, 0.05) is 6.42 Å². The summed E-state index contributed by atoms with van der Waals surface area (Å²) >= 11 is 0. The molecule has 1 rings (SSSR count). The summed E-state index contributed by atoms with van der Waals surface area (Å²) in [5, 5.41) is 0. The number of ketones is 1. The maximum absolute atomic E-state index is 12.9. The summed E-state index contributed by atoms with van der Waals surface area (Å²) in [4.78, 5) is 21.6. The zero-order valence-electron chi connectivity index (χ0n) is 7.99. The molecule has 0 amide bonds. The van der Waals surface area contributed by atoms with Crippen LogP contribution in [-0.2, 0) is 19.1 Å². The lowest BCUT2D eigenvalue weighted by Crippen LogP contribution is -2.26. The molecule has 1 aliphatic rings. The second-order valence-electron chi connectivity index (χ2n) is 3.28. The minimum atomic E-state index is -1.24. The summed E-state index contributed by atoms with van der Waals surface area (Å²) in [5.74, 6) is -0.625. The number of ether oxygens (including phenoxy) is 2. The minimum absolute atomic E-state index is 0.0125. The predicted molar refractivity (Wildman–Crippen MR) is 45.5 cm³/mol. The Hall–Kier alpha value is -0.970. The second kappa shape index (κ2) is 5.05. The number of carbonyl (C=O) groups is 2. The fraction of sp³-hybridized carbons (Fsp3) is 0.778. The molecule has 2 atom stereocenters. The van der Waals surface area contributed by atoms with E-state index in [1.807, 2.05) is 0 Å². The lowest BCUT2D eigenvalue weighted by molar-refractivity contribution is -0.151. The molecule has 0 bridgehead atoms. The largest absolute Gasteiger partial charge is 0.457 e. The second-order valence-corrected chi connectivity index (χ2v) is 3.28. The van der Waals surface area contributed by atoms with Crippen molar-refractivity contribution in [2.24, 2.45) is 0 Å². The SMILES string of the molecule is CC(=O)CCC(=O)OC1COCC1F. The molecule has 0 aromatic carbocycles. The van der Waals surface area contributed by atoms with Gasteiger partial charge in [-0.2, -0.15) is 0 Å². The summed E-state index contributed by atoms with van der Waals surface area (Å²) in [7, 11) is 0. The molecule has 1 aliphatic heterocycles. The van der Waals surface area contributed by atoms with Crippen molar-refractivity contribution >= 4 is 11.8 Å². The molecular weight excluding hydrogens is 191 g/mol. The molecular formula is C9H13FO4. The number of Topliss-reactive ketones (excluding diaryl/α,β-unsaturated/α-hetero) is 1. The lowest BCUT2D eigenvalue weighted by Gasteiger charge is -2.11. The zero-order valence-corrected chi connectivity index (χ0v) is 7.99. The van der Waals surface area contributed by atoms with Gasteiger partial charge in [0.05, 0.1) is 19.6 Å². The maximum atomic E-state index is 12.9. The summed E-state index contributed by atoms with van der Waals surface area (Å²) in [6.07, 6.45) is -1.88. The quantitative estimate of drug-likeness (QED) is 0.630. The highest BCUT2D eigenvalue weighted by Gasteiger charge is 2.31. The van der Waals surface area contributed by atoms with E-state index in [1.54, 1.807) is 0 Å². The van der Waals surface area contributed by atoms with Crippen LogP contribution in [0, 0.1) is 0 Å². The Bertz CT molecular complexity index is 229. The zero-order chi connectivity index (χ0) is 10.6. The molecule has 1 saturated heterocycles. The van der Waals surface area contributed by atoms with Crippen LogP contribution >= 0.6 is 0 Å². The highest BCUT2D eigenvalue weighted by molar-refractivity contribution is 5.81. The van der Waals surface area contributed by atoms with Gasteiger partial charge < -0.3 is 14.3 Å². The van der Waals surface area contributed by atoms with Crippen molar-refractivity contribution < 1.29 is 23.5 Å². The number of hydrogen-bond donors (Lipinski definition) is 0. The van der Waals surface area contributed by atoms with Crippen molar-refractivity contribution in [1.29, 1.82) is 0 Å². The van der Waals surface area contributed by atoms with E-state index in [4.69, 9.17) is 9.47 Å². The maximum Gasteiger partial charge on any atom is 0.306 e. The van der Waals surface area contributed by atoms with Gasteiger partial charge in [0.1, 0.15) is 5.78 Å². The van der Waals surface area contributed by atoms with Crippen molar-refractivity contribution in [2.45, 2.75) is 32.0 Å². The van der Waals surface area contributed by atoms with Gasteiger partial charge in [-0.1, -0.05) is 0 Å². The molecule has 0 N–H and O–H groups in total. The summed E-state index contributed by atoms with van der Waals surface area (Å²) in [6, 6.07) is 0. The van der Waals surface area contributed by atoms with Crippen molar-refractivity contribution in [1.82, 2.24) is 0 Å². The van der Waals surface area contributed by atoms with Crippen molar-refractivity contribution in [3.63, 3.8) is 0 Å². The van der Waals surface area contributed by atoms with Gasteiger partial charge in [-0.3, -0.25) is 4.79 Å². The average Bonchev–Trinajstić information content (AvgIpc) is 2.49. The van der Waals surface area contributed by atoms with Crippen molar-refractivity contribution in [3.05, 3.63) is 0 Å². The molecule has 4 nitrogen and oxygen atoms in total. The van der Waals surface area contributed by atoms with Crippen LogP contribution in [0.4, 0.5) is 4.39 Å². The van der Waals surface area contributed by atoms with Gasteiger partial charge in [-0.05, 0) is 6.92 Å². The molecule has 0 aromatic heterocycles. The lowest BCUT2D eigenvalue weighted by atomic mass is 10.2. The fourth-order valence-electron chi connectivity index (χ4n) is 1.12. The standard InChI is InChI=1S/C9H13FO4/c1-6(11)2-3-9(12)14-8-5-13-4-7(8)10/h7-8H,2-5H2,1H3. The third-order valence-electron chi connectivity index (χ3n) is 1.93. The summed E-state index contributed by atoms with van der Waals surface area (Å²) in [5.41, 5.74) is 0. The third kappa shape index (κ3) is 3.41. The molecule has 0 radical (unpaired) electrons. The van der Waals surface area contributed by atoms with Gasteiger partial charge in [0.15, 0.2) is 12.3 Å². The molecule has 80 valence electrons. The van der Waals surface area contributed by atoms with Gasteiger partial charge >= 0.3 is 5.97 Å².